The molecule has 0 aromatic heterocycles. The van der Waals surface area contributed by atoms with E-state index in [2.05, 4.69) is 40.4 Å². The number of hydrogen-bond donors (Lipinski definition) is 2. The third-order valence-corrected chi connectivity index (χ3v) is 7.67. The molecule has 2 heterocycles. The molecule has 1 aliphatic carbocycles. The fourth-order valence-corrected chi connectivity index (χ4v) is 5.58. The van der Waals surface area contributed by atoms with Crippen LogP contribution in [0.2, 0.25) is 10.0 Å². The van der Waals surface area contributed by atoms with Crippen molar-refractivity contribution >= 4 is 29.2 Å². The molecule has 1 aromatic carbocycles. The molecule has 2 N–H and O–H groups in total. The van der Waals surface area contributed by atoms with Crippen molar-refractivity contribution in [3.8, 4) is 0 Å². The maximum Gasteiger partial charge on any atom is 0.191 e. The number of halogens is 2. The Balaban J connectivity index is 1.26. The number of nitrogens with one attached hydrogen (secondary N) is 2. The highest BCUT2D eigenvalue weighted by atomic mass is 35.5. The van der Waals surface area contributed by atoms with Gasteiger partial charge in [-0.05, 0) is 37.0 Å². The van der Waals surface area contributed by atoms with Crippen LogP contribution < -0.4 is 10.6 Å². The number of hydrogen-bond acceptors (Lipinski definition) is 3. The Morgan fingerprint density at radius 2 is 1.93 bits per heavy atom. The lowest BCUT2D eigenvalue weighted by Gasteiger charge is -2.55. The second kappa shape index (κ2) is 8.62. The van der Waals surface area contributed by atoms with Crippen LogP contribution in [0.3, 0.4) is 0 Å². The molecule has 7 heteroatoms. The summed E-state index contributed by atoms with van der Waals surface area (Å²) in [5.74, 6) is 1.54. The van der Waals surface area contributed by atoms with Crippen molar-refractivity contribution in [2.24, 2.45) is 16.3 Å². The van der Waals surface area contributed by atoms with Gasteiger partial charge in [-0.25, -0.2) is 0 Å². The molecule has 160 valence electrons. The Morgan fingerprint density at radius 3 is 2.62 bits per heavy atom. The molecule has 3 unspecified atom stereocenters. The molecule has 1 aromatic rings. The van der Waals surface area contributed by atoms with Gasteiger partial charge in [-0.15, -0.1) is 0 Å². The molecule has 2 saturated heterocycles. The van der Waals surface area contributed by atoms with E-state index < -0.39 is 0 Å². The minimum atomic E-state index is 0.155. The van der Waals surface area contributed by atoms with Crippen LogP contribution in [0.1, 0.15) is 38.7 Å². The van der Waals surface area contributed by atoms with Crippen LogP contribution >= 0.6 is 23.2 Å². The van der Waals surface area contributed by atoms with Gasteiger partial charge in [0, 0.05) is 56.7 Å². The predicted octanol–water partition coefficient (Wildman–Crippen LogP) is 3.94. The monoisotopic (exact) mass is 438 g/mol. The summed E-state index contributed by atoms with van der Waals surface area (Å²) >= 11 is 12.2. The van der Waals surface area contributed by atoms with Crippen LogP contribution in [0.5, 0.6) is 0 Å². The summed E-state index contributed by atoms with van der Waals surface area (Å²) in [6.45, 7) is 8.51. The fourth-order valence-electron chi connectivity index (χ4n) is 5.26. The minimum absolute atomic E-state index is 0.155. The number of aliphatic imine (C=N–C) groups is 1. The van der Waals surface area contributed by atoms with Crippen molar-refractivity contribution in [1.82, 2.24) is 15.5 Å². The highest BCUT2D eigenvalue weighted by Crippen LogP contribution is 2.52. The molecular weight excluding hydrogens is 407 g/mol. The Hall–Kier alpha value is -1.01. The molecule has 4 rings (SSSR count). The predicted molar refractivity (Wildman–Crippen MR) is 120 cm³/mol. The van der Waals surface area contributed by atoms with Gasteiger partial charge in [0.25, 0.3) is 0 Å². The Morgan fingerprint density at radius 1 is 1.17 bits per heavy atom. The van der Waals surface area contributed by atoms with Gasteiger partial charge in [0.15, 0.2) is 5.96 Å². The summed E-state index contributed by atoms with van der Waals surface area (Å²) in [4.78, 5) is 6.98. The average molecular weight is 439 g/mol. The summed E-state index contributed by atoms with van der Waals surface area (Å²) < 4.78 is 5.92. The fraction of sp³-hybridized carbons (Fsp3) is 0.682. The molecule has 5 nitrogen and oxygen atoms in total. The van der Waals surface area contributed by atoms with E-state index in [1.165, 1.54) is 5.56 Å². The number of likely N-dealkylation sites (tertiary alicyclic amines) is 1. The van der Waals surface area contributed by atoms with Crippen LogP contribution in [0.25, 0.3) is 0 Å². The quantitative estimate of drug-likeness (QED) is 0.551. The average Bonchev–Trinajstić information content (AvgIpc) is 3.16. The van der Waals surface area contributed by atoms with Crippen LogP contribution in [0, 0.1) is 11.3 Å². The molecular formula is C22H32Cl2N4O. The molecule has 0 radical (unpaired) electrons. The number of guanidine groups is 1. The maximum atomic E-state index is 6.15. The number of piperidine rings is 1. The highest BCUT2D eigenvalue weighted by Gasteiger charge is 2.59. The largest absolute Gasteiger partial charge is 0.377 e. The van der Waals surface area contributed by atoms with E-state index in [1.807, 2.05) is 19.2 Å². The number of benzene rings is 1. The zero-order chi connectivity index (χ0) is 20.6. The SMILES string of the molecule is CN=C(NC1CCN(Cc2ccc(Cl)c(Cl)c2)CC1)NC1C2CCOC2C1(C)C. The molecule has 0 bridgehead atoms. The van der Waals surface area contributed by atoms with E-state index in [0.29, 0.717) is 34.2 Å². The molecule has 0 amide bonds. The van der Waals surface area contributed by atoms with E-state index in [4.69, 9.17) is 27.9 Å². The van der Waals surface area contributed by atoms with E-state index in [9.17, 15) is 0 Å². The Labute approximate surface area is 184 Å². The van der Waals surface area contributed by atoms with Crippen molar-refractivity contribution in [2.45, 2.75) is 57.8 Å². The maximum absolute atomic E-state index is 6.15. The first-order valence-corrected chi connectivity index (χ1v) is 11.4. The van der Waals surface area contributed by atoms with Gasteiger partial charge < -0.3 is 15.4 Å². The topological polar surface area (TPSA) is 48.9 Å². The van der Waals surface area contributed by atoms with Gasteiger partial charge in [0.05, 0.1) is 16.1 Å². The first-order chi connectivity index (χ1) is 13.9. The summed E-state index contributed by atoms with van der Waals surface area (Å²) in [6, 6.07) is 6.79. The van der Waals surface area contributed by atoms with Gasteiger partial charge in [0.1, 0.15) is 0 Å². The highest BCUT2D eigenvalue weighted by molar-refractivity contribution is 6.42. The number of rotatable bonds is 4. The molecule has 0 spiro atoms. The van der Waals surface area contributed by atoms with Crippen LogP contribution in [0.4, 0.5) is 0 Å². The Kier molecular flexibility index (Phi) is 6.31. The van der Waals surface area contributed by atoms with Gasteiger partial charge >= 0.3 is 0 Å². The molecule has 2 aliphatic heterocycles. The van der Waals surface area contributed by atoms with Gasteiger partial charge in [-0.2, -0.15) is 0 Å². The smallest absolute Gasteiger partial charge is 0.191 e. The first kappa shape index (κ1) is 21.2. The van der Waals surface area contributed by atoms with Crippen molar-refractivity contribution in [3.05, 3.63) is 33.8 Å². The normalized spacial score (nSPS) is 30.0. The van der Waals surface area contributed by atoms with Gasteiger partial charge in [-0.3, -0.25) is 9.89 Å². The van der Waals surface area contributed by atoms with Crippen molar-refractivity contribution in [1.29, 1.82) is 0 Å². The van der Waals surface area contributed by atoms with Crippen molar-refractivity contribution < 1.29 is 4.74 Å². The van der Waals surface area contributed by atoms with Crippen LogP contribution in [-0.2, 0) is 11.3 Å². The molecule has 1 saturated carbocycles. The van der Waals surface area contributed by atoms with Crippen molar-refractivity contribution in [2.75, 3.05) is 26.7 Å². The number of nitrogens with zero attached hydrogens (tertiary/aromatic N) is 2. The molecule has 3 fully saturated rings. The second-order valence-corrected chi connectivity index (χ2v) is 10.0. The van der Waals surface area contributed by atoms with Crippen molar-refractivity contribution in [3.63, 3.8) is 0 Å². The van der Waals surface area contributed by atoms with Crippen LogP contribution in [0.15, 0.2) is 23.2 Å². The molecule has 3 atom stereocenters. The van der Waals surface area contributed by atoms with E-state index in [0.717, 1.165) is 51.5 Å². The second-order valence-electron chi connectivity index (χ2n) is 9.20. The summed E-state index contributed by atoms with van der Waals surface area (Å²) in [7, 11) is 1.86. The number of fused-ring (bicyclic) bond motifs is 1. The first-order valence-electron chi connectivity index (χ1n) is 10.7. The summed E-state index contributed by atoms with van der Waals surface area (Å²) in [5, 5.41) is 8.59. The number of ether oxygens (including phenoxy) is 1. The summed E-state index contributed by atoms with van der Waals surface area (Å²) in [6.07, 6.45) is 3.74. The summed E-state index contributed by atoms with van der Waals surface area (Å²) in [5.41, 5.74) is 1.37. The lowest BCUT2D eigenvalue weighted by molar-refractivity contribution is -0.106. The molecule has 29 heavy (non-hydrogen) atoms. The van der Waals surface area contributed by atoms with E-state index in [-0.39, 0.29) is 5.41 Å². The van der Waals surface area contributed by atoms with Gasteiger partial charge in [0.2, 0.25) is 0 Å². The molecule has 3 aliphatic rings. The lowest BCUT2D eigenvalue weighted by atomic mass is 9.57. The van der Waals surface area contributed by atoms with Crippen LogP contribution in [-0.4, -0.2) is 55.8 Å². The van der Waals surface area contributed by atoms with Gasteiger partial charge in [-0.1, -0.05) is 43.1 Å². The third-order valence-electron chi connectivity index (χ3n) is 6.93. The zero-order valence-electron chi connectivity index (χ0n) is 17.5. The van der Waals surface area contributed by atoms with E-state index in [1.54, 1.807) is 0 Å². The van der Waals surface area contributed by atoms with E-state index >= 15 is 0 Å². The Bertz CT molecular complexity index is 761. The lowest BCUT2D eigenvalue weighted by Crippen LogP contribution is -2.68. The standard InChI is InChI=1S/C22H32Cl2N4O/c1-22(2)19(16-8-11-29-20(16)22)27-21(25-3)26-15-6-9-28(10-7-15)13-14-4-5-17(23)18(24)12-14/h4-5,12,15-16,19-20H,6-11,13H2,1-3H3,(H2,25,26,27). The zero-order valence-corrected chi connectivity index (χ0v) is 19.1. The third kappa shape index (κ3) is 4.39. The minimum Gasteiger partial charge on any atom is -0.377 e.